The van der Waals surface area contributed by atoms with Gasteiger partial charge in [-0.3, -0.25) is 9.63 Å². The van der Waals surface area contributed by atoms with Gasteiger partial charge in [-0.1, -0.05) is 68.4 Å². The molecule has 0 aromatic heterocycles. The van der Waals surface area contributed by atoms with Gasteiger partial charge in [-0.15, -0.1) is 0 Å². The average Bonchev–Trinajstić information content (AvgIpc) is 2.88. The molecule has 0 fully saturated rings. The van der Waals surface area contributed by atoms with E-state index in [1.807, 2.05) is 27.7 Å². The average molecular weight is 606 g/mol. The van der Waals surface area contributed by atoms with Crippen LogP contribution in [-0.2, 0) is 33.5 Å². The first-order valence-corrected chi connectivity index (χ1v) is 16.1. The highest BCUT2D eigenvalue weighted by Crippen LogP contribution is 2.27. The third-order valence-corrected chi connectivity index (χ3v) is 8.49. The molecule has 13 heteroatoms. The molecule has 3 atom stereocenters. The van der Waals surface area contributed by atoms with E-state index in [0.29, 0.717) is 10.2 Å². The number of carbonyl (C=O) groups excluding carboxylic acids is 1. The summed E-state index contributed by atoms with van der Waals surface area (Å²) < 4.78 is 53.9. The van der Waals surface area contributed by atoms with Crippen molar-refractivity contribution >= 4 is 42.0 Å². The number of carboxylic acid groups (broad SMARTS) is 1. The number of halogens is 1. The predicted molar refractivity (Wildman–Crippen MR) is 147 cm³/mol. The van der Waals surface area contributed by atoms with Gasteiger partial charge in [-0.2, -0.15) is 0 Å². The van der Waals surface area contributed by atoms with Crippen LogP contribution in [0.5, 0.6) is 5.75 Å². The lowest BCUT2D eigenvalue weighted by Gasteiger charge is -2.26. The topological polar surface area (TPSA) is 144 Å². The van der Waals surface area contributed by atoms with Crippen LogP contribution in [0.2, 0.25) is 0 Å². The molecule has 0 saturated heterocycles. The highest BCUT2D eigenvalue weighted by atomic mass is 35.7. The van der Waals surface area contributed by atoms with Gasteiger partial charge in [0.25, 0.3) is 19.1 Å². The highest BCUT2D eigenvalue weighted by molar-refractivity contribution is 8.13. The summed E-state index contributed by atoms with van der Waals surface area (Å²) in [5.41, 5.74) is 0. The molecule has 0 aliphatic carbocycles. The number of rotatable bonds is 15. The standard InChI is InChI=1S/C15H21NO6S.C11H15ClO3S/c1-3-12(2)11-22-16(13(10-17)9-15(18)19)23(20,21)14-7-5-4-6-8-14;1-3-6-9(2)15-10-7-4-5-8-11(10)16(12,13)14/h4-8,10,12-13H,3,9,11H2,1-2H3,(H,18,19);4-5,7-9H,3,6H2,1-2H3. The van der Waals surface area contributed by atoms with E-state index in [1.54, 1.807) is 24.3 Å². The van der Waals surface area contributed by atoms with Gasteiger partial charge in [0, 0.05) is 10.7 Å². The molecular formula is C26H36ClNO9S2. The number of nitrogens with zero attached hydrogens (tertiary/aromatic N) is 1. The number of hydrogen-bond donors (Lipinski definition) is 1. The van der Waals surface area contributed by atoms with Crippen LogP contribution in [0, 0.1) is 5.92 Å². The summed E-state index contributed by atoms with van der Waals surface area (Å²) in [5.74, 6) is -0.915. The van der Waals surface area contributed by atoms with E-state index in [2.05, 4.69) is 0 Å². The van der Waals surface area contributed by atoms with E-state index >= 15 is 0 Å². The van der Waals surface area contributed by atoms with Crippen molar-refractivity contribution in [2.75, 3.05) is 6.61 Å². The molecule has 1 N–H and O–H groups in total. The van der Waals surface area contributed by atoms with Crippen LogP contribution in [-0.4, -0.2) is 57.4 Å². The van der Waals surface area contributed by atoms with Gasteiger partial charge in [-0.05, 0) is 43.5 Å². The maximum absolute atomic E-state index is 12.7. The van der Waals surface area contributed by atoms with Gasteiger partial charge in [-0.25, -0.2) is 16.8 Å². The van der Waals surface area contributed by atoms with E-state index in [1.165, 1.54) is 30.3 Å². The highest BCUT2D eigenvalue weighted by Gasteiger charge is 2.34. The summed E-state index contributed by atoms with van der Waals surface area (Å²) in [6.07, 6.45) is 2.18. The fraction of sp³-hybridized carbons (Fsp3) is 0.462. The number of sulfonamides is 1. The SMILES string of the molecule is CCC(C)CON(C(C=O)CC(=O)O)S(=O)(=O)c1ccccc1.CCCC(C)Oc1ccccc1S(=O)(=O)Cl. The summed E-state index contributed by atoms with van der Waals surface area (Å²) in [6, 6.07) is 12.4. The molecule has 0 spiro atoms. The summed E-state index contributed by atoms with van der Waals surface area (Å²) >= 11 is 0. The van der Waals surface area contributed by atoms with Crippen LogP contribution in [0.4, 0.5) is 0 Å². The van der Waals surface area contributed by atoms with Crippen molar-refractivity contribution in [3.8, 4) is 5.75 Å². The Bertz CT molecular complexity index is 1260. The lowest BCUT2D eigenvalue weighted by Crippen LogP contribution is -2.43. The smallest absolute Gasteiger partial charge is 0.305 e. The summed E-state index contributed by atoms with van der Waals surface area (Å²) in [5, 5.41) is 8.89. The van der Waals surface area contributed by atoms with Crippen molar-refractivity contribution in [2.24, 2.45) is 5.92 Å². The molecule has 0 saturated carbocycles. The number of carboxylic acids is 1. The molecule has 10 nitrogen and oxygen atoms in total. The van der Waals surface area contributed by atoms with Gasteiger partial charge in [0.05, 0.1) is 24.0 Å². The van der Waals surface area contributed by atoms with Gasteiger partial charge < -0.3 is 14.6 Å². The van der Waals surface area contributed by atoms with Gasteiger partial charge in [0.1, 0.15) is 23.0 Å². The molecule has 39 heavy (non-hydrogen) atoms. The monoisotopic (exact) mass is 605 g/mol. The third-order valence-electron chi connectivity index (χ3n) is 5.41. The Balaban J connectivity index is 0.000000416. The molecule has 3 unspecified atom stereocenters. The first-order chi connectivity index (χ1) is 18.3. The molecule has 0 aliphatic heterocycles. The lowest BCUT2D eigenvalue weighted by molar-refractivity contribution is -0.153. The van der Waals surface area contributed by atoms with E-state index < -0.39 is 37.5 Å². The quantitative estimate of drug-likeness (QED) is 0.170. The Hall–Kier alpha value is -2.51. The molecule has 0 bridgehead atoms. The van der Waals surface area contributed by atoms with Crippen molar-refractivity contribution < 1.29 is 41.1 Å². The number of aldehydes is 1. The van der Waals surface area contributed by atoms with E-state index in [0.717, 1.165) is 19.3 Å². The molecule has 0 heterocycles. The molecule has 0 aliphatic rings. The largest absolute Gasteiger partial charge is 0.489 e. The van der Waals surface area contributed by atoms with Gasteiger partial charge in [0.2, 0.25) is 0 Å². The molecular weight excluding hydrogens is 570 g/mol. The number of hydroxylamine groups is 1. The minimum absolute atomic E-state index is 0.0235. The van der Waals surface area contributed by atoms with Crippen LogP contribution in [0.1, 0.15) is 53.4 Å². The maximum Gasteiger partial charge on any atom is 0.305 e. The first-order valence-electron chi connectivity index (χ1n) is 12.4. The van der Waals surface area contributed by atoms with Crippen molar-refractivity contribution in [1.82, 2.24) is 4.47 Å². The van der Waals surface area contributed by atoms with Crippen LogP contribution >= 0.6 is 10.7 Å². The number of carbonyl (C=O) groups is 2. The molecule has 2 aromatic carbocycles. The number of ether oxygens (including phenoxy) is 1. The normalized spacial score (nSPS) is 14.0. The zero-order chi connectivity index (χ0) is 29.6. The number of hydrogen-bond acceptors (Lipinski definition) is 8. The van der Waals surface area contributed by atoms with Crippen molar-refractivity contribution in [3.05, 3.63) is 54.6 Å². The van der Waals surface area contributed by atoms with Crippen molar-refractivity contribution in [2.45, 2.75) is 75.3 Å². The third kappa shape index (κ3) is 11.6. The van der Waals surface area contributed by atoms with Crippen molar-refractivity contribution in [3.63, 3.8) is 0 Å². The maximum atomic E-state index is 12.7. The molecule has 218 valence electrons. The number of para-hydroxylation sites is 1. The second kappa shape index (κ2) is 16.6. The zero-order valence-electron chi connectivity index (χ0n) is 22.4. The Morgan fingerprint density at radius 3 is 2.13 bits per heavy atom. The van der Waals surface area contributed by atoms with E-state index in [-0.39, 0.29) is 34.7 Å². The Labute approximate surface area is 235 Å². The van der Waals surface area contributed by atoms with Crippen LogP contribution in [0.15, 0.2) is 64.4 Å². The fourth-order valence-corrected chi connectivity index (χ4v) is 5.51. The van der Waals surface area contributed by atoms with E-state index in [9.17, 15) is 26.4 Å². The lowest BCUT2D eigenvalue weighted by atomic mass is 10.1. The minimum atomic E-state index is -4.15. The molecule has 0 radical (unpaired) electrons. The molecule has 2 aromatic rings. The molecule has 2 rings (SSSR count). The summed E-state index contributed by atoms with van der Waals surface area (Å²) in [7, 11) is -2.58. The van der Waals surface area contributed by atoms with Gasteiger partial charge in [0.15, 0.2) is 0 Å². The second-order valence-electron chi connectivity index (χ2n) is 8.79. The Morgan fingerprint density at radius 2 is 1.62 bits per heavy atom. The Morgan fingerprint density at radius 1 is 1.03 bits per heavy atom. The molecule has 0 amide bonds. The Kier molecular flexibility index (Phi) is 14.7. The van der Waals surface area contributed by atoms with Crippen LogP contribution in [0.3, 0.4) is 0 Å². The zero-order valence-corrected chi connectivity index (χ0v) is 24.8. The number of aliphatic carboxylic acids is 1. The predicted octanol–water partition coefficient (Wildman–Crippen LogP) is 4.88. The second-order valence-corrected chi connectivity index (χ2v) is 13.1. The number of benzene rings is 2. The fourth-order valence-electron chi connectivity index (χ4n) is 3.14. The van der Waals surface area contributed by atoms with Crippen molar-refractivity contribution in [1.29, 1.82) is 0 Å². The first kappa shape index (κ1) is 34.5. The minimum Gasteiger partial charge on any atom is -0.489 e. The van der Waals surface area contributed by atoms with Crippen LogP contribution < -0.4 is 4.74 Å². The summed E-state index contributed by atoms with van der Waals surface area (Å²) in [6.45, 7) is 7.79. The summed E-state index contributed by atoms with van der Waals surface area (Å²) in [4.78, 5) is 27.4. The van der Waals surface area contributed by atoms with Gasteiger partial charge >= 0.3 is 5.97 Å². The van der Waals surface area contributed by atoms with E-state index in [4.69, 9.17) is 25.4 Å². The van der Waals surface area contributed by atoms with Crippen LogP contribution in [0.25, 0.3) is 0 Å².